The number of para-hydroxylation sites is 1. The van der Waals surface area contributed by atoms with Gasteiger partial charge in [0.1, 0.15) is 0 Å². The van der Waals surface area contributed by atoms with Gasteiger partial charge in [-0.2, -0.15) is 9.78 Å². The number of carbonyl (C=O) groups is 1. The third-order valence-electron chi connectivity index (χ3n) is 5.46. The molecule has 8 heteroatoms. The summed E-state index contributed by atoms with van der Waals surface area (Å²) in [5.74, 6) is 0.215. The number of aromatic amines is 1. The lowest BCUT2D eigenvalue weighted by Gasteiger charge is -2.20. The highest BCUT2D eigenvalue weighted by Gasteiger charge is 2.24. The normalized spacial score (nSPS) is 15.5. The number of hydrogen-bond donors (Lipinski definition) is 2. The Morgan fingerprint density at radius 1 is 1.34 bits per heavy atom. The summed E-state index contributed by atoms with van der Waals surface area (Å²) in [4.78, 5) is 14.4. The van der Waals surface area contributed by atoms with Crippen molar-refractivity contribution in [2.75, 3.05) is 5.75 Å². The summed E-state index contributed by atoms with van der Waals surface area (Å²) in [5.41, 5.74) is 3.40. The van der Waals surface area contributed by atoms with Gasteiger partial charge in [0.15, 0.2) is 5.82 Å². The minimum atomic E-state index is -0.878. The molecule has 152 valence electrons. The van der Waals surface area contributed by atoms with Gasteiger partial charge in [0.05, 0.1) is 12.0 Å². The van der Waals surface area contributed by atoms with Crippen molar-refractivity contribution in [2.24, 2.45) is 5.10 Å². The Kier molecular flexibility index (Phi) is 5.99. The fourth-order valence-electron chi connectivity index (χ4n) is 3.98. The third kappa shape index (κ3) is 4.22. The van der Waals surface area contributed by atoms with E-state index in [0.717, 1.165) is 53.3 Å². The summed E-state index contributed by atoms with van der Waals surface area (Å²) < 4.78 is 1.74. The zero-order valence-corrected chi connectivity index (χ0v) is 17.3. The summed E-state index contributed by atoms with van der Waals surface area (Å²) in [6, 6.07) is 6.27. The Labute approximate surface area is 173 Å². The molecular weight excluding hydrogens is 386 g/mol. The van der Waals surface area contributed by atoms with Crippen molar-refractivity contribution in [3.8, 4) is 0 Å². The summed E-state index contributed by atoms with van der Waals surface area (Å²) in [6.45, 7) is 2.14. The Balaban J connectivity index is 1.69. The highest BCUT2D eigenvalue weighted by Crippen LogP contribution is 2.33. The van der Waals surface area contributed by atoms with Crippen molar-refractivity contribution >= 4 is 34.8 Å². The summed E-state index contributed by atoms with van der Waals surface area (Å²) in [5, 5.41) is 24.0. The minimum absolute atomic E-state index is 0.0642. The predicted octanol–water partition coefficient (Wildman–Crippen LogP) is 4.43. The van der Waals surface area contributed by atoms with Crippen LogP contribution in [-0.2, 0) is 11.2 Å². The molecule has 29 heavy (non-hydrogen) atoms. The number of rotatable bonds is 7. The Hall–Kier alpha value is -2.61. The monoisotopic (exact) mass is 411 g/mol. The van der Waals surface area contributed by atoms with Crippen LogP contribution in [0.15, 0.2) is 34.7 Å². The van der Waals surface area contributed by atoms with Crippen molar-refractivity contribution in [1.29, 1.82) is 0 Å². The van der Waals surface area contributed by atoms with Crippen LogP contribution in [0.5, 0.6) is 0 Å². The highest BCUT2D eigenvalue weighted by atomic mass is 32.2. The first kappa shape index (κ1) is 19.7. The van der Waals surface area contributed by atoms with Crippen molar-refractivity contribution in [3.05, 3.63) is 41.3 Å². The van der Waals surface area contributed by atoms with Crippen LogP contribution in [0.2, 0.25) is 0 Å². The van der Waals surface area contributed by atoms with Gasteiger partial charge < -0.3 is 10.1 Å². The summed E-state index contributed by atoms with van der Waals surface area (Å²) >= 11 is 1.16. The molecule has 1 saturated carbocycles. The van der Waals surface area contributed by atoms with Gasteiger partial charge in [0.2, 0.25) is 5.16 Å². The van der Waals surface area contributed by atoms with Crippen molar-refractivity contribution in [1.82, 2.24) is 19.9 Å². The number of fused-ring (bicyclic) bond motifs is 1. The maximum Gasteiger partial charge on any atom is 0.313 e. The van der Waals surface area contributed by atoms with E-state index < -0.39 is 5.97 Å². The second-order valence-corrected chi connectivity index (χ2v) is 8.29. The van der Waals surface area contributed by atoms with Gasteiger partial charge in [0.25, 0.3) is 0 Å². The van der Waals surface area contributed by atoms with Crippen molar-refractivity contribution in [3.63, 3.8) is 0 Å². The molecule has 4 rings (SSSR count). The number of H-pyrrole nitrogens is 1. The number of aryl methyl sites for hydroxylation is 1. The van der Waals surface area contributed by atoms with Gasteiger partial charge in [-0.1, -0.05) is 56.1 Å². The fourth-order valence-corrected chi connectivity index (χ4v) is 4.59. The SMILES string of the molecule is CCc1cccc2c(/C=N/n3c(SCC(=O)O)nnc3C3CCCCC3)c[nH]c12. The molecule has 1 aromatic carbocycles. The van der Waals surface area contributed by atoms with Gasteiger partial charge in [0, 0.05) is 28.6 Å². The number of benzene rings is 1. The number of aliphatic carboxylic acids is 1. The first-order valence-electron chi connectivity index (χ1n) is 10.1. The number of thioether (sulfide) groups is 1. The number of aromatic nitrogens is 4. The van der Waals surface area contributed by atoms with E-state index >= 15 is 0 Å². The zero-order chi connectivity index (χ0) is 20.2. The van der Waals surface area contributed by atoms with Gasteiger partial charge in [-0.25, -0.2) is 0 Å². The van der Waals surface area contributed by atoms with Gasteiger partial charge in [-0.15, -0.1) is 10.2 Å². The van der Waals surface area contributed by atoms with Crippen molar-refractivity contribution < 1.29 is 9.90 Å². The van der Waals surface area contributed by atoms with E-state index in [1.807, 2.05) is 12.4 Å². The first-order chi connectivity index (χ1) is 14.2. The average molecular weight is 412 g/mol. The number of nitrogens with one attached hydrogen (secondary N) is 1. The van der Waals surface area contributed by atoms with E-state index in [1.54, 1.807) is 4.68 Å². The maximum absolute atomic E-state index is 11.0. The molecule has 0 atom stereocenters. The zero-order valence-electron chi connectivity index (χ0n) is 16.5. The number of carboxylic acid groups (broad SMARTS) is 1. The predicted molar refractivity (Wildman–Crippen MR) is 115 cm³/mol. The van der Waals surface area contributed by atoms with Crippen LogP contribution in [0, 0.1) is 0 Å². The van der Waals surface area contributed by atoms with E-state index in [4.69, 9.17) is 10.2 Å². The molecular formula is C21H25N5O2S. The first-order valence-corrected chi connectivity index (χ1v) is 11.1. The second kappa shape index (κ2) is 8.82. The molecule has 0 bridgehead atoms. The Morgan fingerprint density at radius 3 is 2.93 bits per heavy atom. The molecule has 3 aromatic rings. The standard InChI is InChI=1S/C21H25N5O2S/c1-2-14-9-6-10-17-16(11-22-19(14)17)12-23-26-20(15-7-4-3-5-8-15)24-25-21(26)29-13-18(27)28/h6,9-12,15,22H,2-5,7-8,13H2,1H3,(H,27,28)/b23-12+. The van der Waals surface area contributed by atoms with Gasteiger partial charge in [-0.05, 0) is 24.8 Å². The Morgan fingerprint density at radius 2 is 2.17 bits per heavy atom. The van der Waals surface area contributed by atoms with E-state index in [-0.39, 0.29) is 5.75 Å². The molecule has 0 spiro atoms. The number of nitrogens with zero attached hydrogens (tertiary/aromatic N) is 4. The van der Waals surface area contributed by atoms with Crippen LogP contribution in [0.4, 0.5) is 0 Å². The molecule has 2 N–H and O–H groups in total. The topological polar surface area (TPSA) is 96.2 Å². The van der Waals surface area contributed by atoms with Gasteiger partial charge >= 0.3 is 5.97 Å². The van der Waals surface area contributed by atoms with Crippen LogP contribution in [-0.4, -0.2) is 42.9 Å². The van der Waals surface area contributed by atoms with E-state index in [9.17, 15) is 4.79 Å². The van der Waals surface area contributed by atoms with Gasteiger partial charge in [-0.3, -0.25) is 4.79 Å². The van der Waals surface area contributed by atoms with Crippen LogP contribution in [0.3, 0.4) is 0 Å². The second-order valence-electron chi connectivity index (χ2n) is 7.35. The van der Waals surface area contributed by atoms with E-state index in [1.165, 1.54) is 24.8 Å². The van der Waals surface area contributed by atoms with E-state index in [0.29, 0.717) is 11.1 Å². The molecule has 0 unspecified atom stereocenters. The quantitative estimate of drug-likeness (QED) is 0.443. The molecule has 7 nitrogen and oxygen atoms in total. The third-order valence-corrected chi connectivity index (χ3v) is 6.36. The largest absolute Gasteiger partial charge is 0.481 e. The van der Waals surface area contributed by atoms with E-state index in [2.05, 4.69) is 40.3 Å². The Bertz CT molecular complexity index is 1030. The lowest BCUT2D eigenvalue weighted by Crippen LogP contribution is -2.11. The average Bonchev–Trinajstić information content (AvgIpc) is 3.35. The van der Waals surface area contributed by atoms with Crippen LogP contribution in [0.25, 0.3) is 10.9 Å². The molecule has 1 aliphatic rings. The molecule has 2 aromatic heterocycles. The fraction of sp³-hybridized carbons (Fsp3) is 0.429. The minimum Gasteiger partial charge on any atom is -0.481 e. The highest BCUT2D eigenvalue weighted by molar-refractivity contribution is 7.99. The lowest BCUT2D eigenvalue weighted by atomic mass is 9.89. The summed E-state index contributed by atoms with van der Waals surface area (Å²) in [6.07, 6.45) is 10.5. The molecule has 0 radical (unpaired) electrons. The maximum atomic E-state index is 11.0. The molecule has 1 aliphatic carbocycles. The molecule has 0 saturated heterocycles. The number of carboxylic acids is 1. The molecule has 0 amide bonds. The van der Waals surface area contributed by atoms with Crippen LogP contribution >= 0.6 is 11.8 Å². The lowest BCUT2D eigenvalue weighted by molar-refractivity contribution is -0.133. The van der Waals surface area contributed by atoms with Crippen LogP contribution in [0.1, 0.15) is 61.9 Å². The van der Waals surface area contributed by atoms with Crippen molar-refractivity contribution in [2.45, 2.75) is 56.5 Å². The van der Waals surface area contributed by atoms with Crippen LogP contribution < -0.4 is 0 Å². The summed E-state index contributed by atoms with van der Waals surface area (Å²) in [7, 11) is 0. The molecule has 2 heterocycles. The smallest absolute Gasteiger partial charge is 0.313 e. The number of hydrogen-bond acceptors (Lipinski definition) is 5. The molecule has 0 aliphatic heterocycles. The molecule has 1 fully saturated rings.